The lowest BCUT2D eigenvalue weighted by molar-refractivity contribution is -0.114. The van der Waals surface area contributed by atoms with Crippen LogP contribution in [-0.4, -0.2) is 35.5 Å². The molecule has 0 fully saturated rings. The van der Waals surface area contributed by atoms with E-state index in [2.05, 4.69) is 41.9 Å². The molecule has 1 amide bonds. The van der Waals surface area contributed by atoms with Crippen LogP contribution in [0.1, 0.15) is 0 Å². The van der Waals surface area contributed by atoms with Gasteiger partial charge in [0.05, 0.1) is 16.8 Å². The third-order valence-electron chi connectivity index (χ3n) is 4.33. The molecule has 0 aliphatic heterocycles. The van der Waals surface area contributed by atoms with Crippen LogP contribution < -0.4 is 14.3 Å². The van der Waals surface area contributed by atoms with Crippen LogP contribution in [0.5, 0.6) is 0 Å². The number of carbonyl (C=O) groups excluding carboxylic acids is 1. The van der Waals surface area contributed by atoms with Crippen molar-refractivity contribution < 1.29 is 21.6 Å². The first-order valence-electron chi connectivity index (χ1n) is 9.36. The first-order chi connectivity index (χ1) is 15.4. The van der Waals surface area contributed by atoms with Gasteiger partial charge in [-0.15, -0.1) is 0 Å². The predicted molar refractivity (Wildman–Crippen MR) is 136 cm³/mol. The first kappa shape index (κ1) is 25.2. The van der Waals surface area contributed by atoms with Crippen molar-refractivity contribution in [1.29, 1.82) is 0 Å². The molecule has 0 aliphatic carbocycles. The zero-order chi connectivity index (χ0) is 24.2. The maximum Gasteiger partial charge on any atom is 0.261 e. The summed E-state index contributed by atoms with van der Waals surface area (Å²) in [5, 5.41) is 2.59. The highest BCUT2D eigenvalue weighted by atomic mass is 79.9. The number of rotatable bonds is 8. The van der Waals surface area contributed by atoms with Gasteiger partial charge in [0.2, 0.25) is 15.9 Å². The molecule has 0 saturated heterocycles. The number of nitrogens with zero attached hydrogens (tertiary/aromatic N) is 1. The number of halogens is 2. The van der Waals surface area contributed by atoms with Crippen molar-refractivity contribution in [3.05, 3.63) is 81.7 Å². The third kappa shape index (κ3) is 7.03. The molecule has 33 heavy (non-hydrogen) atoms. The van der Waals surface area contributed by atoms with Crippen molar-refractivity contribution in [3.63, 3.8) is 0 Å². The minimum absolute atomic E-state index is 0.00955. The fraction of sp³-hybridized carbons (Fsp3) is 0.0952. The van der Waals surface area contributed by atoms with Crippen molar-refractivity contribution in [2.75, 3.05) is 27.1 Å². The summed E-state index contributed by atoms with van der Waals surface area (Å²) in [6.45, 7) is -0.444. The quantitative estimate of drug-likeness (QED) is 0.389. The second-order valence-electron chi connectivity index (χ2n) is 6.93. The van der Waals surface area contributed by atoms with Crippen molar-refractivity contribution >= 4 is 74.9 Å². The van der Waals surface area contributed by atoms with E-state index in [0.717, 1.165) is 15.0 Å². The van der Waals surface area contributed by atoms with Crippen LogP contribution in [0.3, 0.4) is 0 Å². The Balaban J connectivity index is 1.70. The molecule has 0 radical (unpaired) electrons. The minimum atomic E-state index is -3.82. The van der Waals surface area contributed by atoms with Gasteiger partial charge in [-0.05, 0) is 66.7 Å². The molecule has 0 aliphatic rings. The summed E-state index contributed by atoms with van der Waals surface area (Å²) >= 11 is 6.57. The van der Waals surface area contributed by atoms with Crippen LogP contribution in [-0.2, 0) is 24.8 Å². The topological polar surface area (TPSA) is 113 Å². The van der Waals surface area contributed by atoms with Gasteiger partial charge in [-0.25, -0.2) is 16.8 Å². The summed E-state index contributed by atoms with van der Waals surface area (Å²) in [5.74, 6) is -0.580. The van der Waals surface area contributed by atoms with E-state index < -0.39 is 32.5 Å². The number of carbonyl (C=O) groups is 1. The molecule has 0 bridgehead atoms. The van der Waals surface area contributed by atoms with Gasteiger partial charge < -0.3 is 5.32 Å². The normalized spacial score (nSPS) is 11.6. The summed E-state index contributed by atoms with van der Waals surface area (Å²) in [6.07, 6.45) is 1.01. The largest absolute Gasteiger partial charge is 0.325 e. The fourth-order valence-corrected chi connectivity index (χ4v) is 5.37. The van der Waals surface area contributed by atoms with E-state index in [0.29, 0.717) is 21.5 Å². The van der Waals surface area contributed by atoms with Crippen LogP contribution in [0.2, 0.25) is 0 Å². The number of anilines is 3. The van der Waals surface area contributed by atoms with Gasteiger partial charge in [-0.1, -0.05) is 37.9 Å². The maximum atomic E-state index is 12.6. The Bertz CT molecular complexity index is 1360. The van der Waals surface area contributed by atoms with E-state index in [1.807, 2.05) is 0 Å². The van der Waals surface area contributed by atoms with Gasteiger partial charge in [0.1, 0.15) is 6.54 Å². The van der Waals surface area contributed by atoms with Crippen LogP contribution in [0.25, 0.3) is 0 Å². The lowest BCUT2D eigenvalue weighted by Crippen LogP contribution is -2.37. The monoisotopic (exact) mass is 615 g/mol. The standard InChI is InChI=1S/C21H19Br2N3O5S2/c1-32(28,29)26(19-4-2-3-16(23)13-19)14-21(27)24-17-9-11-20(12-10-17)33(30,31)25-18-7-5-15(22)6-8-18/h2-13,25H,14H2,1H3,(H,24,27). The van der Waals surface area contributed by atoms with Crippen molar-refractivity contribution in [2.24, 2.45) is 0 Å². The number of hydrogen-bond donors (Lipinski definition) is 2. The summed E-state index contributed by atoms with van der Waals surface area (Å²) in [6, 6.07) is 18.8. The molecule has 0 heterocycles. The number of amides is 1. The minimum Gasteiger partial charge on any atom is -0.325 e. The molecule has 3 aromatic carbocycles. The van der Waals surface area contributed by atoms with Crippen LogP contribution >= 0.6 is 31.9 Å². The molecule has 3 rings (SSSR count). The van der Waals surface area contributed by atoms with Gasteiger partial charge in [-0.2, -0.15) is 0 Å². The molecule has 0 spiro atoms. The lowest BCUT2D eigenvalue weighted by Gasteiger charge is -2.22. The summed E-state index contributed by atoms with van der Waals surface area (Å²) in [4.78, 5) is 12.5. The van der Waals surface area contributed by atoms with Crippen LogP contribution in [0.4, 0.5) is 17.1 Å². The molecule has 3 aromatic rings. The van der Waals surface area contributed by atoms with Gasteiger partial charge in [0.25, 0.3) is 10.0 Å². The van der Waals surface area contributed by atoms with Gasteiger partial charge in [-0.3, -0.25) is 13.8 Å². The molecular formula is C21H19Br2N3O5S2. The Labute approximate surface area is 209 Å². The van der Waals surface area contributed by atoms with Crippen molar-refractivity contribution in [2.45, 2.75) is 4.90 Å². The number of hydrogen-bond acceptors (Lipinski definition) is 5. The predicted octanol–water partition coefficient (Wildman–Crippen LogP) is 4.42. The highest BCUT2D eigenvalue weighted by Gasteiger charge is 2.21. The molecule has 2 N–H and O–H groups in total. The highest BCUT2D eigenvalue weighted by Crippen LogP contribution is 2.23. The molecule has 12 heteroatoms. The Kier molecular flexibility index (Phi) is 7.83. The smallest absolute Gasteiger partial charge is 0.261 e. The van der Waals surface area contributed by atoms with Crippen LogP contribution in [0.15, 0.2) is 86.6 Å². The first-order valence-corrected chi connectivity index (χ1v) is 14.3. The maximum absolute atomic E-state index is 12.6. The van der Waals surface area contributed by atoms with E-state index in [9.17, 15) is 21.6 Å². The molecule has 0 aromatic heterocycles. The molecule has 0 saturated carbocycles. The number of benzene rings is 3. The molecule has 0 atom stereocenters. The van der Waals surface area contributed by atoms with Crippen LogP contribution in [0, 0.1) is 0 Å². The molecule has 0 unspecified atom stereocenters. The molecule has 8 nitrogen and oxygen atoms in total. The zero-order valence-electron chi connectivity index (χ0n) is 17.2. The Hall–Kier alpha value is -2.41. The second kappa shape index (κ2) is 10.2. The molecule has 174 valence electrons. The van der Waals surface area contributed by atoms with Crippen molar-refractivity contribution in [3.8, 4) is 0 Å². The SMILES string of the molecule is CS(=O)(=O)N(CC(=O)Nc1ccc(S(=O)(=O)Nc2ccc(Br)cc2)cc1)c1cccc(Br)c1. The Morgan fingerprint density at radius 2 is 1.45 bits per heavy atom. The fourth-order valence-electron chi connectivity index (χ4n) is 2.81. The Morgan fingerprint density at radius 1 is 0.848 bits per heavy atom. The summed E-state index contributed by atoms with van der Waals surface area (Å²) < 4.78 is 54.5. The summed E-state index contributed by atoms with van der Waals surface area (Å²) in [5.41, 5.74) is 1.07. The van der Waals surface area contributed by atoms with E-state index in [1.165, 1.54) is 24.3 Å². The third-order valence-corrected chi connectivity index (χ3v) is 7.89. The Morgan fingerprint density at radius 3 is 2.03 bits per heavy atom. The van der Waals surface area contributed by atoms with E-state index >= 15 is 0 Å². The van der Waals surface area contributed by atoms with Gasteiger partial charge >= 0.3 is 0 Å². The van der Waals surface area contributed by atoms with E-state index in [1.54, 1.807) is 48.5 Å². The van der Waals surface area contributed by atoms with E-state index in [-0.39, 0.29) is 4.90 Å². The molecular weight excluding hydrogens is 598 g/mol. The average Bonchev–Trinajstić information content (AvgIpc) is 2.73. The van der Waals surface area contributed by atoms with Crippen molar-refractivity contribution in [1.82, 2.24) is 0 Å². The second-order valence-corrected chi connectivity index (χ2v) is 12.4. The number of sulfonamides is 2. The number of nitrogens with one attached hydrogen (secondary N) is 2. The lowest BCUT2D eigenvalue weighted by atomic mass is 10.3. The van der Waals surface area contributed by atoms with Gasteiger partial charge in [0, 0.05) is 20.3 Å². The summed E-state index contributed by atoms with van der Waals surface area (Å²) in [7, 11) is -7.54. The van der Waals surface area contributed by atoms with Gasteiger partial charge in [0.15, 0.2) is 0 Å². The van der Waals surface area contributed by atoms with E-state index in [4.69, 9.17) is 0 Å². The highest BCUT2D eigenvalue weighted by molar-refractivity contribution is 9.10. The zero-order valence-corrected chi connectivity index (χ0v) is 22.0. The average molecular weight is 617 g/mol.